The Morgan fingerprint density at radius 3 is 2.54 bits per heavy atom. The lowest BCUT2D eigenvalue weighted by molar-refractivity contribution is -0.383. The first-order valence-corrected chi connectivity index (χ1v) is 8.54. The van der Waals surface area contributed by atoms with Crippen molar-refractivity contribution < 1.29 is 4.92 Å². The second-order valence-electron chi connectivity index (χ2n) is 6.17. The summed E-state index contributed by atoms with van der Waals surface area (Å²) in [4.78, 5) is 21.4. The van der Waals surface area contributed by atoms with Gasteiger partial charge in [-0.05, 0) is 31.7 Å². The summed E-state index contributed by atoms with van der Waals surface area (Å²) in [5.74, 6) is 0.275. The van der Waals surface area contributed by atoms with E-state index in [0.29, 0.717) is 10.7 Å². The van der Waals surface area contributed by atoms with E-state index in [4.69, 9.17) is 11.6 Å². The number of hydrazine groups is 1. The number of hydrogen-bond donors (Lipinski definition) is 2. The molecule has 26 heavy (non-hydrogen) atoms. The minimum atomic E-state index is -0.490. The lowest BCUT2D eigenvalue weighted by Crippen LogP contribution is -2.47. The highest BCUT2D eigenvalue weighted by Gasteiger charge is 2.25. The van der Waals surface area contributed by atoms with Crippen molar-refractivity contribution in [2.24, 2.45) is 0 Å². The van der Waals surface area contributed by atoms with Crippen molar-refractivity contribution in [3.8, 4) is 0 Å². The standard InChI is InChI=1S/C16H20ClN7O2/c1-11-3-4-12(9-13(11)17)20-15-14(24(25)26)16(19-10-18-15)21-23-7-5-22(2)6-8-23/h3-4,9-10H,5-8H2,1-2H3,(H2,18,19,20,21). The molecule has 1 fully saturated rings. The number of likely N-dealkylation sites (N-methyl/N-ethyl adjacent to an activating group) is 1. The maximum atomic E-state index is 11.6. The second kappa shape index (κ2) is 7.81. The van der Waals surface area contributed by atoms with Crippen LogP contribution in [0, 0.1) is 17.0 Å². The van der Waals surface area contributed by atoms with Crippen molar-refractivity contribution in [3.05, 3.63) is 45.2 Å². The molecule has 1 aliphatic heterocycles. The first-order valence-electron chi connectivity index (χ1n) is 8.17. The van der Waals surface area contributed by atoms with Gasteiger partial charge in [-0.25, -0.2) is 15.0 Å². The molecule has 0 aliphatic carbocycles. The predicted molar refractivity (Wildman–Crippen MR) is 101 cm³/mol. The van der Waals surface area contributed by atoms with Gasteiger partial charge in [0.2, 0.25) is 11.6 Å². The Labute approximate surface area is 156 Å². The van der Waals surface area contributed by atoms with Gasteiger partial charge >= 0.3 is 5.69 Å². The zero-order chi connectivity index (χ0) is 18.7. The molecule has 0 amide bonds. The van der Waals surface area contributed by atoms with Crippen LogP contribution in [0.25, 0.3) is 0 Å². The van der Waals surface area contributed by atoms with Crippen LogP contribution >= 0.6 is 11.6 Å². The van der Waals surface area contributed by atoms with E-state index in [2.05, 4.69) is 25.6 Å². The van der Waals surface area contributed by atoms with Crippen LogP contribution in [0.2, 0.25) is 5.02 Å². The highest BCUT2D eigenvalue weighted by molar-refractivity contribution is 6.31. The molecule has 1 aromatic heterocycles. The number of aryl methyl sites for hydroxylation is 1. The van der Waals surface area contributed by atoms with Gasteiger partial charge in [0.05, 0.1) is 4.92 Å². The SMILES string of the molecule is Cc1ccc(Nc2ncnc(NN3CCN(C)CC3)c2[N+](=O)[O-])cc1Cl. The summed E-state index contributed by atoms with van der Waals surface area (Å²) >= 11 is 6.12. The highest BCUT2D eigenvalue weighted by atomic mass is 35.5. The Balaban J connectivity index is 1.86. The molecular weight excluding hydrogens is 358 g/mol. The highest BCUT2D eigenvalue weighted by Crippen LogP contribution is 2.32. The Kier molecular flexibility index (Phi) is 5.50. The molecule has 9 nitrogen and oxygen atoms in total. The molecule has 138 valence electrons. The normalized spacial score (nSPS) is 15.7. The number of aromatic nitrogens is 2. The topological polar surface area (TPSA) is 99.5 Å². The van der Waals surface area contributed by atoms with E-state index >= 15 is 0 Å². The van der Waals surface area contributed by atoms with Gasteiger partial charge in [-0.15, -0.1) is 0 Å². The Hall–Kier alpha value is -2.49. The minimum Gasteiger partial charge on any atom is -0.334 e. The van der Waals surface area contributed by atoms with E-state index in [-0.39, 0.29) is 17.3 Å². The van der Waals surface area contributed by atoms with Gasteiger partial charge < -0.3 is 10.2 Å². The van der Waals surface area contributed by atoms with Crippen LogP contribution in [0.15, 0.2) is 24.5 Å². The summed E-state index contributed by atoms with van der Waals surface area (Å²) < 4.78 is 0. The molecule has 1 saturated heterocycles. The van der Waals surface area contributed by atoms with E-state index in [0.717, 1.165) is 31.7 Å². The number of nitrogens with one attached hydrogen (secondary N) is 2. The van der Waals surface area contributed by atoms with Gasteiger partial charge in [0.15, 0.2) is 0 Å². The first kappa shape index (κ1) is 18.3. The Bertz CT molecular complexity index is 809. The van der Waals surface area contributed by atoms with Gasteiger partial charge in [0.25, 0.3) is 0 Å². The number of nitrogens with zero attached hydrogens (tertiary/aromatic N) is 5. The third-order valence-corrected chi connectivity index (χ3v) is 4.61. The molecule has 3 rings (SSSR count). The molecule has 1 aliphatic rings. The van der Waals surface area contributed by atoms with E-state index in [9.17, 15) is 10.1 Å². The third-order valence-electron chi connectivity index (χ3n) is 4.21. The average Bonchev–Trinajstić information content (AvgIpc) is 2.60. The molecule has 0 saturated carbocycles. The Morgan fingerprint density at radius 2 is 1.88 bits per heavy atom. The molecule has 1 aromatic carbocycles. The smallest absolute Gasteiger partial charge is 0.334 e. The molecule has 0 atom stereocenters. The maximum Gasteiger partial charge on any atom is 0.354 e. The quantitative estimate of drug-likeness (QED) is 0.606. The number of anilines is 3. The van der Waals surface area contributed by atoms with Gasteiger partial charge in [-0.1, -0.05) is 17.7 Å². The number of hydrogen-bond acceptors (Lipinski definition) is 8. The van der Waals surface area contributed by atoms with Crippen molar-refractivity contribution in [2.75, 3.05) is 44.0 Å². The van der Waals surface area contributed by atoms with Crippen molar-refractivity contribution in [3.63, 3.8) is 0 Å². The molecule has 0 radical (unpaired) electrons. The van der Waals surface area contributed by atoms with Crippen LogP contribution in [0.1, 0.15) is 5.56 Å². The lowest BCUT2D eigenvalue weighted by atomic mass is 10.2. The zero-order valence-electron chi connectivity index (χ0n) is 14.6. The van der Waals surface area contributed by atoms with Crippen LogP contribution in [-0.2, 0) is 0 Å². The first-order chi connectivity index (χ1) is 12.4. The third kappa shape index (κ3) is 4.18. The molecule has 2 heterocycles. The van der Waals surface area contributed by atoms with Crippen molar-refractivity contribution in [1.29, 1.82) is 0 Å². The number of rotatable bonds is 5. The van der Waals surface area contributed by atoms with E-state index < -0.39 is 4.92 Å². The monoisotopic (exact) mass is 377 g/mol. The van der Waals surface area contributed by atoms with E-state index in [1.165, 1.54) is 6.33 Å². The van der Waals surface area contributed by atoms with Crippen LogP contribution in [0.3, 0.4) is 0 Å². The van der Waals surface area contributed by atoms with Crippen LogP contribution in [-0.4, -0.2) is 58.0 Å². The van der Waals surface area contributed by atoms with Gasteiger partial charge in [0, 0.05) is 36.9 Å². The summed E-state index contributed by atoms with van der Waals surface area (Å²) in [5.41, 5.74) is 4.38. The molecule has 10 heteroatoms. The van der Waals surface area contributed by atoms with Gasteiger partial charge in [0.1, 0.15) is 6.33 Å². The summed E-state index contributed by atoms with van der Waals surface area (Å²) in [7, 11) is 2.04. The fraction of sp³-hybridized carbons (Fsp3) is 0.375. The minimum absolute atomic E-state index is 0.113. The predicted octanol–water partition coefficient (Wildman–Crippen LogP) is 2.66. The Morgan fingerprint density at radius 1 is 1.19 bits per heavy atom. The zero-order valence-corrected chi connectivity index (χ0v) is 15.3. The molecule has 2 N–H and O–H groups in total. The van der Waals surface area contributed by atoms with Crippen molar-refractivity contribution in [1.82, 2.24) is 19.9 Å². The summed E-state index contributed by atoms with van der Waals surface area (Å²) in [5, 5.41) is 17.1. The average molecular weight is 378 g/mol. The lowest BCUT2D eigenvalue weighted by Gasteiger charge is -2.32. The summed E-state index contributed by atoms with van der Waals surface area (Å²) in [6.07, 6.45) is 1.30. The molecule has 0 unspecified atom stereocenters. The largest absolute Gasteiger partial charge is 0.354 e. The number of nitro groups is 1. The van der Waals surface area contributed by atoms with Crippen LogP contribution < -0.4 is 10.7 Å². The molecular formula is C16H20ClN7O2. The molecule has 0 bridgehead atoms. The molecule has 2 aromatic rings. The fourth-order valence-corrected chi connectivity index (χ4v) is 2.78. The van der Waals surface area contributed by atoms with E-state index in [1.54, 1.807) is 12.1 Å². The molecule has 0 spiro atoms. The van der Waals surface area contributed by atoms with Crippen LogP contribution in [0.5, 0.6) is 0 Å². The van der Waals surface area contributed by atoms with Crippen molar-refractivity contribution in [2.45, 2.75) is 6.92 Å². The number of benzene rings is 1. The number of piperazine rings is 1. The van der Waals surface area contributed by atoms with Gasteiger partial charge in [-0.3, -0.25) is 15.5 Å². The maximum absolute atomic E-state index is 11.6. The fourth-order valence-electron chi connectivity index (χ4n) is 2.60. The van der Waals surface area contributed by atoms with E-state index in [1.807, 2.05) is 25.0 Å². The van der Waals surface area contributed by atoms with Gasteiger partial charge in [-0.2, -0.15) is 0 Å². The van der Waals surface area contributed by atoms with Crippen molar-refractivity contribution >= 4 is 34.6 Å². The van der Waals surface area contributed by atoms with Crippen LogP contribution in [0.4, 0.5) is 23.0 Å². The number of halogens is 1. The summed E-state index contributed by atoms with van der Waals surface area (Å²) in [6, 6.07) is 5.33. The second-order valence-corrected chi connectivity index (χ2v) is 6.57. The summed E-state index contributed by atoms with van der Waals surface area (Å²) in [6.45, 7) is 5.12.